The third-order valence-electron chi connectivity index (χ3n) is 5.74. The largest absolute Gasteiger partial charge is 1.00 e. The van der Waals surface area contributed by atoms with Crippen LogP contribution in [0.2, 0.25) is 0 Å². The van der Waals surface area contributed by atoms with Gasteiger partial charge in [0.1, 0.15) is 23.2 Å². The molecule has 0 aromatic heterocycles. The first-order chi connectivity index (χ1) is 15.7. The molecular formula is C28H31BrO3P2. The van der Waals surface area contributed by atoms with E-state index in [-0.39, 0.29) is 26.9 Å². The lowest BCUT2D eigenvalue weighted by Crippen LogP contribution is -3.00. The van der Waals surface area contributed by atoms with E-state index < -0.39 is 7.26 Å². The molecule has 0 aliphatic carbocycles. The SMILES string of the molecule is COc1cc(C[P+](c2ccccc2)(c2ccccc2)c2ccccc2)cc(OC)c1OC.P.[Br-]. The maximum atomic E-state index is 5.66. The van der Waals surface area contributed by atoms with Gasteiger partial charge in [0.05, 0.1) is 27.5 Å². The van der Waals surface area contributed by atoms with Gasteiger partial charge in [-0.3, -0.25) is 0 Å². The van der Waals surface area contributed by atoms with Crippen molar-refractivity contribution in [3.05, 3.63) is 109 Å². The van der Waals surface area contributed by atoms with E-state index in [4.69, 9.17) is 14.2 Å². The summed E-state index contributed by atoms with van der Waals surface area (Å²) >= 11 is 0. The molecule has 0 N–H and O–H groups in total. The molecule has 0 amide bonds. The van der Waals surface area contributed by atoms with Crippen LogP contribution in [0, 0.1) is 0 Å². The molecule has 0 aliphatic rings. The Labute approximate surface area is 217 Å². The third-order valence-corrected chi connectivity index (χ3v) is 10.1. The second-order valence-corrected chi connectivity index (χ2v) is 11.0. The van der Waals surface area contributed by atoms with Gasteiger partial charge in [-0.1, -0.05) is 54.6 Å². The van der Waals surface area contributed by atoms with Crippen LogP contribution in [-0.4, -0.2) is 21.3 Å². The quantitative estimate of drug-likeness (QED) is 0.312. The van der Waals surface area contributed by atoms with E-state index in [2.05, 4.69) is 103 Å². The summed E-state index contributed by atoms with van der Waals surface area (Å²) < 4.78 is 16.9. The number of rotatable bonds is 8. The number of hydrogen-bond acceptors (Lipinski definition) is 3. The van der Waals surface area contributed by atoms with Crippen LogP contribution in [0.3, 0.4) is 0 Å². The number of halogens is 1. The lowest BCUT2D eigenvalue weighted by molar-refractivity contribution is -0.00000725. The number of benzene rings is 4. The van der Waals surface area contributed by atoms with Gasteiger partial charge in [-0.25, -0.2) is 0 Å². The molecule has 178 valence electrons. The minimum Gasteiger partial charge on any atom is -1.00 e. The molecule has 0 bridgehead atoms. The third kappa shape index (κ3) is 5.47. The zero-order valence-corrected chi connectivity index (χ0v) is 23.7. The Bertz CT molecular complexity index is 1030. The highest BCUT2D eigenvalue weighted by atomic mass is 79.9. The predicted octanol–water partition coefficient (Wildman–Crippen LogP) is 2.27. The zero-order chi connectivity index (χ0) is 22.4. The number of methoxy groups -OCH3 is 3. The molecule has 3 nitrogen and oxygen atoms in total. The maximum Gasteiger partial charge on any atom is 0.203 e. The molecule has 34 heavy (non-hydrogen) atoms. The molecule has 0 aliphatic heterocycles. The Morgan fingerprint density at radius 3 is 1.21 bits per heavy atom. The Hall–Kier alpha value is -2.38. The molecule has 0 saturated heterocycles. The van der Waals surface area contributed by atoms with Crippen molar-refractivity contribution in [1.29, 1.82) is 0 Å². The van der Waals surface area contributed by atoms with E-state index >= 15 is 0 Å². The van der Waals surface area contributed by atoms with Crippen molar-refractivity contribution in [1.82, 2.24) is 0 Å². The first-order valence-corrected chi connectivity index (χ1v) is 12.5. The molecule has 0 radical (unpaired) electrons. The number of ether oxygens (including phenoxy) is 3. The Balaban J connectivity index is 0.00000204. The van der Waals surface area contributed by atoms with Crippen LogP contribution in [0.25, 0.3) is 0 Å². The Morgan fingerprint density at radius 1 is 0.559 bits per heavy atom. The highest BCUT2D eigenvalue weighted by Gasteiger charge is 2.45. The van der Waals surface area contributed by atoms with Crippen molar-refractivity contribution in [2.75, 3.05) is 21.3 Å². The monoisotopic (exact) mass is 556 g/mol. The molecule has 0 saturated carbocycles. The summed E-state index contributed by atoms with van der Waals surface area (Å²) in [6.45, 7) is 0. The Kier molecular flexibility index (Phi) is 10.6. The van der Waals surface area contributed by atoms with Gasteiger partial charge in [-0.15, -0.1) is 0 Å². The summed E-state index contributed by atoms with van der Waals surface area (Å²) in [4.78, 5) is 0. The molecule has 6 heteroatoms. The van der Waals surface area contributed by atoms with Gasteiger partial charge in [0.2, 0.25) is 5.75 Å². The van der Waals surface area contributed by atoms with E-state index in [1.165, 1.54) is 15.9 Å². The second-order valence-electron chi connectivity index (χ2n) is 7.51. The summed E-state index contributed by atoms with van der Waals surface area (Å²) in [6, 6.07) is 36.7. The van der Waals surface area contributed by atoms with E-state index in [1.807, 2.05) is 0 Å². The average molecular weight is 557 g/mol. The van der Waals surface area contributed by atoms with Gasteiger partial charge < -0.3 is 31.2 Å². The Morgan fingerprint density at radius 2 is 0.912 bits per heavy atom. The fourth-order valence-electron chi connectivity index (χ4n) is 4.27. The van der Waals surface area contributed by atoms with Gasteiger partial charge in [0.25, 0.3) is 0 Å². The topological polar surface area (TPSA) is 27.7 Å². The van der Waals surface area contributed by atoms with Crippen LogP contribution < -0.4 is 47.1 Å². The summed E-state index contributed by atoms with van der Waals surface area (Å²) in [5, 5.41) is 4.02. The molecule has 1 atom stereocenters. The molecule has 4 aromatic carbocycles. The smallest absolute Gasteiger partial charge is 0.203 e. The second kappa shape index (κ2) is 12.9. The highest BCUT2D eigenvalue weighted by Crippen LogP contribution is 2.59. The molecule has 0 fully saturated rings. The first kappa shape index (κ1) is 27.9. The van der Waals surface area contributed by atoms with Crippen LogP contribution >= 0.6 is 17.2 Å². The van der Waals surface area contributed by atoms with Crippen molar-refractivity contribution < 1.29 is 31.2 Å². The predicted molar refractivity (Wildman–Crippen MR) is 146 cm³/mol. The highest BCUT2D eigenvalue weighted by molar-refractivity contribution is 7.95. The van der Waals surface area contributed by atoms with Crippen LogP contribution in [0.15, 0.2) is 103 Å². The van der Waals surface area contributed by atoms with Crippen molar-refractivity contribution >= 4 is 33.1 Å². The van der Waals surface area contributed by atoms with Crippen LogP contribution in [-0.2, 0) is 6.16 Å². The fourth-order valence-corrected chi connectivity index (χ4v) is 8.48. The van der Waals surface area contributed by atoms with Crippen LogP contribution in [0.1, 0.15) is 5.56 Å². The van der Waals surface area contributed by atoms with Crippen molar-refractivity contribution in [2.24, 2.45) is 0 Å². The normalized spacial score (nSPS) is 10.4. The summed E-state index contributed by atoms with van der Waals surface area (Å²) in [5.74, 6) is 1.96. The first-order valence-electron chi connectivity index (χ1n) is 10.6. The van der Waals surface area contributed by atoms with E-state index in [0.717, 1.165) is 11.7 Å². The van der Waals surface area contributed by atoms with Crippen molar-refractivity contribution in [3.8, 4) is 17.2 Å². The van der Waals surface area contributed by atoms with Gasteiger partial charge in [-0.05, 0) is 54.1 Å². The summed E-state index contributed by atoms with van der Waals surface area (Å²) in [7, 11) is 2.95. The van der Waals surface area contributed by atoms with E-state index in [0.29, 0.717) is 17.2 Å². The minimum absolute atomic E-state index is 0. The van der Waals surface area contributed by atoms with Gasteiger partial charge in [0.15, 0.2) is 11.5 Å². The molecule has 4 rings (SSSR count). The molecule has 0 heterocycles. The summed E-state index contributed by atoms with van der Waals surface area (Å²) in [5.41, 5.74) is 1.14. The lowest BCUT2D eigenvalue weighted by atomic mass is 10.2. The van der Waals surface area contributed by atoms with Crippen molar-refractivity contribution in [2.45, 2.75) is 6.16 Å². The molecular weight excluding hydrogens is 526 g/mol. The lowest BCUT2D eigenvalue weighted by Gasteiger charge is -2.28. The van der Waals surface area contributed by atoms with Gasteiger partial charge >= 0.3 is 0 Å². The van der Waals surface area contributed by atoms with Crippen LogP contribution in [0.5, 0.6) is 17.2 Å². The molecule has 4 aromatic rings. The number of hydrogen-bond donors (Lipinski definition) is 0. The van der Waals surface area contributed by atoms with Crippen molar-refractivity contribution in [3.63, 3.8) is 0 Å². The molecule has 1 unspecified atom stereocenters. The zero-order valence-electron chi connectivity index (χ0n) is 19.8. The van der Waals surface area contributed by atoms with E-state index in [9.17, 15) is 0 Å². The van der Waals surface area contributed by atoms with E-state index in [1.54, 1.807) is 21.3 Å². The maximum absolute atomic E-state index is 5.66. The molecule has 0 spiro atoms. The minimum atomic E-state index is -2.01. The fraction of sp³-hybridized carbons (Fsp3) is 0.143. The summed E-state index contributed by atoms with van der Waals surface area (Å²) in [6.07, 6.45) is 0.835. The van der Waals surface area contributed by atoms with Crippen LogP contribution in [0.4, 0.5) is 0 Å². The van der Waals surface area contributed by atoms with Gasteiger partial charge in [-0.2, -0.15) is 9.90 Å². The van der Waals surface area contributed by atoms with Gasteiger partial charge in [0, 0.05) is 0 Å². The average Bonchev–Trinajstić information content (AvgIpc) is 2.88. The standard InChI is InChI=1S/C28H28O3P.BrH.H3P/c1-29-26-19-22(20-27(30-2)28(26)31-3)21-32(23-13-7-4-8-14-23,24-15-9-5-10-16-24)25-17-11-6-12-18-25;;/h4-20H,21H2,1-3H3;1H;1H3/q+1;;/p-1.